The minimum Gasteiger partial charge on any atom is -0.383 e. The number of nitrogen functional groups attached to an aromatic ring is 1. The average Bonchev–Trinajstić information content (AvgIpc) is 2.03. The number of sulfone groups is 1. The van der Waals surface area contributed by atoms with Crippen LogP contribution in [0.4, 0.5) is 5.82 Å². The van der Waals surface area contributed by atoms with Crippen LogP contribution in [-0.2, 0) is 16.3 Å². The molecule has 1 aromatic rings. The van der Waals surface area contributed by atoms with Crippen LogP contribution in [0.5, 0.6) is 0 Å². The Labute approximate surface area is 77.7 Å². The molecule has 1 rings (SSSR count). The summed E-state index contributed by atoms with van der Waals surface area (Å²) in [6.45, 7) is 1.93. The topological polar surface area (TPSA) is 73.0 Å². The molecule has 0 radical (unpaired) electrons. The number of aryl methyl sites for hydroxylation is 1. The van der Waals surface area contributed by atoms with Gasteiger partial charge in [0.1, 0.15) is 10.7 Å². The fourth-order valence-electron chi connectivity index (χ4n) is 0.986. The third kappa shape index (κ3) is 2.18. The number of nitrogens with two attached hydrogens (primary N) is 1. The number of pyridine rings is 1. The summed E-state index contributed by atoms with van der Waals surface area (Å²) in [5, 5.41) is 0. The maximum atomic E-state index is 11.2. The molecule has 0 bridgehead atoms. The monoisotopic (exact) mass is 200 g/mol. The van der Waals surface area contributed by atoms with Gasteiger partial charge in [-0.15, -0.1) is 0 Å². The van der Waals surface area contributed by atoms with Crippen molar-refractivity contribution in [2.75, 3.05) is 12.0 Å². The molecule has 72 valence electrons. The Bertz CT molecular complexity index is 412. The van der Waals surface area contributed by atoms with Gasteiger partial charge in [0, 0.05) is 12.5 Å². The highest BCUT2D eigenvalue weighted by Crippen LogP contribution is 2.16. The van der Waals surface area contributed by atoms with Gasteiger partial charge in [-0.1, -0.05) is 6.92 Å². The minimum absolute atomic E-state index is 0.0692. The van der Waals surface area contributed by atoms with Gasteiger partial charge in [0.25, 0.3) is 0 Å². The average molecular weight is 200 g/mol. The lowest BCUT2D eigenvalue weighted by molar-refractivity contribution is 0.602. The Kier molecular flexibility index (Phi) is 2.56. The van der Waals surface area contributed by atoms with Crippen LogP contribution in [0.1, 0.15) is 12.5 Å². The molecule has 0 aliphatic rings. The Morgan fingerprint density at radius 2 is 2.15 bits per heavy atom. The first kappa shape index (κ1) is 9.98. The lowest BCUT2D eigenvalue weighted by atomic mass is 10.2. The van der Waals surface area contributed by atoms with E-state index in [-0.39, 0.29) is 10.7 Å². The van der Waals surface area contributed by atoms with Gasteiger partial charge in [0.2, 0.25) is 0 Å². The van der Waals surface area contributed by atoms with E-state index in [9.17, 15) is 8.42 Å². The van der Waals surface area contributed by atoms with Crippen LogP contribution in [0.15, 0.2) is 17.2 Å². The summed E-state index contributed by atoms with van der Waals surface area (Å²) >= 11 is 0. The zero-order valence-electron chi connectivity index (χ0n) is 7.61. The molecule has 4 nitrogen and oxygen atoms in total. The molecule has 0 spiro atoms. The van der Waals surface area contributed by atoms with Gasteiger partial charge in [-0.2, -0.15) is 0 Å². The van der Waals surface area contributed by atoms with E-state index in [0.29, 0.717) is 0 Å². The zero-order chi connectivity index (χ0) is 10.1. The van der Waals surface area contributed by atoms with E-state index < -0.39 is 9.84 Å². The fourth-order valence-corrected chi connectivity index (χ4v) is 1.78. The lowest BCUT2D eigenvalue weighted by Gasteiger charge is -2.03. The number of rotatable bonds is 2. The summed E-state index contributed by atoms with van der Waals surface area (Å²) in [5.41, 5.74) is 6.31. The van der Waals surface area contributed by atoms with Crippen molar-refractivity contribution in [1.82, 2.24) is 4.98 Å². The SMILES string of the molecule is CCc1cnc(N)c(S(C)(=O)=O)c1. The third-order valence-corrected chi connectivity index (χ3v) is 2.87. The normalized spacial score (nSPS) is 11.5. The van der Waals surface area contributed by atoms with Crippen LogP contribution in [-0.4, -0.2) is 19.7 Å². The highest BCUT2D eigenvalue weighted by Gasteiger charge is 2.12. The van der Waals surface area contributed by atoms with Crippen LogP contribution >= 0.6 is 0 Å². The van der Waals surface area contributed by atoms with Crippen molar-refractivity contribution in [1.29, 1.82) is 0 Å². The molecular weight excluding hydrogens is 188 g/mol. The quantitative estimate of drug-likeness (QED) is 0.760. The highest BCUT2D eigenvalue weighted by atomic mass is 32.2. The Hall–Kier alpha value is -1.10. The fraction of sp³-hybridized carbons (Fsp3) is 0.375. The number of aromatic nitrogens is 1. The summed E-state index contributed by atoms with van der Waals surface area (Å²) in [5.74, 6) is 0.0692. The van der Waals surface area contributed by atoms with Gasteiger partial charge in [0.05, 0.1) is 0 Å². The molecule has 0 aromatic carbocycles. The lowest BCUT2D eigenvalue weighted by Crippen LogP contribution is -2.05. The molecule has 1 aromatic heterocycles. The van der Waals surface area contributed by atoms with Crippen LogP contribution in [0, 0.1) is 0 Å². The van der Waals surface area contributed by atoms with E-state index in [1.807, 2.05) is 6.92 Å². The Morgan fingerprint density at radius 3 is 2.62 bits per heavy atom. The zero-order valence-corrected chi connectivity index (χ0v) is 8.43. The molecule has 0 amide bonds. The van der Waals surface area contributed by atoms with Gasteiger partial charge in [-0.25, -0.2) is 13.4 Å². The summed E-state index contributed by atoms with van der Waals surface area (Å²) in [6, 6.07) is 1.57. The van der Waals surface area contributed by atoms with E-state index in [2.05, 4.69) is 4.98 Å². The van der Waals surface area contributed by atoms with Crippen molar-refractivity contribution in [3.05, 3.63) is 17.8 Å². The van der Waals surface area contributed by atoms with E-state index in [4.69, 9.17) is 5.73 Å². The molecular formula is C8H12N2O2S. The van der Waals surface area contributed by atoms with Crippen LogP contribution in [0.3, 0.4) is 0 Å². The van der Waals surface area contributed by atoms with Gasteiger partial charge in [-0.05, 0) is 18.1 Å². The summed E-state index contributed by atoms with van der Waals surface area (Å²) < 4.78 is 22.4. The number of anilines is 1. The summed E-state index contributed by atoms with van der Waals surface area (Å²) in [6.07, 6.45) is 3.46. The Balaban J connectivity index is 3.36. The second-order valence-electron chi connectivity index (χ2n) is 2.85. The van der Waals surface area contributed by atoms with Crippen molar-refractivity contribution in [3.63, 3.8) is 0 Å². The third-order valence-electron chi connectivity index (χ3n) is 1.75. The molecule has 0 saturated carbocycles. The summed E-state index contributed by atoms with van der Waals surface area (Å²) in [4.78, 5) is 3.93. The predicted octanol–water partition coefficient (Wildman–Crippen LogP) is 0.630. The van der Waals surface area contributed by atoms with Gasteiger partial charge in [0.15, 0.2) is 9.84 Å². The molecule has 5 heteroatoms. The van der Waals surface area contributed by atoms with Crippen LogP contribution in [0.25, 0.3) is 0 Å². The highest BCUT2D eigenvalue weighted by molar-refractivity contribution is 7.90. The molecule has 1 heterocycles. The van der Waals surface area contributed by atoms with Gasteiger partial charge < -0.3 is 5.73 Å². The second kappa shape index (κ2) is 3.33. The number of hydrogen-bond donors (Lipinski definition) is 1. The summed E-state index contributed by atoms with van der Waals surface area (Å²) in [7, 11) is -3.25. The van der Waals surface area contributed by atoms with E-state index in [1.165, 1.54) is 0 Å². The van der Waals surface area contributed by atoms with Crippen molar-refractivity contribution < 1.29 is 8.42 Å². The number of hydrogen-bond acceptors (Lipinski definition) is 4. The van der Waals surface area contributed by atoms with Gasteiger partial charge >= 0.3 is 0 Å². The molecule has 0 saturated heterocycles. The molecule has 0 fully saturated rings. The molecule has 13 heavy (non-hydrogen) atoms. The van der Waals surface area contributed by atoms with Crippen molar-refractivity contribution in [2.45, 2.75) is 18.2 Å². The molecule has 0 aliphatic heterocycles. The molecule has 0 atom stereocenters. The first-order chi connectivity index (χ1) is 5.95. The standard InChI is InChI=1S/C8H12N2O2S/c1-3-6-4-7(13(2,11)12)8(9)10-5-6/h4-5H,3H2,1-2H3,(H2,9,10). The van der Waals surface area contributed by atoms with E-state index in [1.54, 1.807) is 12.3 Å². The Morgan fingerprint density at radius 1 is 1.54 bits per heavy atom. The maximum Gasteiger partial charge on any atom is 0.179 e. The molecule has 2 N–H and O–H groups in total. The van der Waals surface area contributed by atoms with E-state index >= 15 is 0 Å². The van der Waals surface area contributed by atoms with E-state index in [0.717, 1.165) is 18.2 Å². The van der Waals surface area contributed by atoms with Crippen LogP contribution < -0.4 is 5.73 Å². The van der Waals surface area contributed by atoms with Crippen molar-refractivity contribution in [2.24, 2.45) is 0 Å². The number of nitrogens with zero attached hydrogens (tertiary/aromatic N) is 1. The molecule has 0 unspecified atom stereocenters. The van der Waals surface area contributed by atoms with Crippen LogP contribution in [0.2, 0.25) is 0 Å². The molecule has 0 aliphatic carbocycles. The van der Waals surface area contributed by atoms with Crippen molar-refractivity contribution >= 4 is 15.7 Å². The largest absolute Gasteiger partial charge is 0.383 e. The van der Waals surface area contributed by atoms with Crippen molar-refractivity contribution in [3.8, 4) is 0 Å². The van der Waals surface area contributed by atoms with Gasteiger partial charge in [-0.3, -0.25) is 0 Å². The first-order valence-corrected chi connectivity index (χ1v) is 5.78. The minimum atomic E-state index is -3.25. The maximum absolute atomic E-state index is 11.2. The predicted molar refractivity (Wildman–Crippen MR) is 51.1 cm³/mol. The first-order valence-electron chi connectivity index (χ1n) is 3.89. The second-order valence-corrected chi connectivity index (χ2v) is 4.84. The smallest absolute Gasteiger partial charge is 0.179 e.